The van der Waals surface area contributed by atoms with Gasteiger partial charge in [-0.05, 0) is 82.4 Å². The minimum atomic E-state index is -2.76. The molecule has 3 nitrogen and oxygen atoms in total. The van der Waals surface area contributed by atoms with Crippen LogP contribution in [0, 0.1) is 5.92 Å². The van der Waals surface area contributed by atoms with Gasteiger partial charge in [0, 0.05) is 12.6 Å². The van der Waals surface area contributed by atoms with Crippen molar-refractivity contribution in [2.24, 2.45) is 5.92 Å². The molecule has 0 spiro atoms. The van der Waals surface area contributed by atoms with Gasteiger partial charge in [-0.2, -0.15) is 8.78 Å². The van der Waals surface area contributed by atoms with E-state index in [2.05, 4.69) is 21.5 Å². The Hall–Kier alpha value is -1.20. The van der Waals surface area contributed by atoms with E-state index in [1.165, 1.54) is 38.8 Å². The third-order valence-electron chi connectivity index (χ3n) is 5.56. The van der Waals surface area contributed by atoms with E-state index in [9.17, 15) is 8.78 Å². The van der Waals surface area contributed by atoms with Gasteiger partial charge in [-0.15, -0.1) is 0 Å². The van der Waals surface area contributed by atoms with E-state index in [0.29, 0.717) is 6.04 Å². The predicted molar refractivity (Wildman–Crippen MR) is 91.3 cm³/mol. The van der Waals surface area contributed by atoms with Crippen LogP contribution < -0.4 is 4.74 Å². The van der Waals surface area contributed by atoms with Crippen molar-refractivity contribution < 1.29 is 13.5 Å². The average Bonchev–Trinajstić information content (AvgIpc) is 3.09. The maximum absolute atomic E-state index is 12.3. The minimum Gasteiger partial charge on any atom is -0.435 e. The van der Waals surface area contributed by atoms with Crippen LogP contribution in [0.3, 0.4) is 0 Å². The summed E-state index contributed by atoms with van der Waals surface area (Å²) >= 11 is 0. The minimum absolute atomic E-state index is 0.250. The molecule has 0 radical (unpaired) electrons. The largest absolute Gasteiger partial charge is 0.435 e. The van der Waals surface area contributed by atoms with Crippen molar-refractivity contribution in [3.05, 3.63) is 29.8 Å². The van der Waals surface area contributed by atoms with Crippen molar-refractivity contribution in [3.8, 4) is 5.75 Å². The third-order valence-corrected chi connectivity index (χ3v) is 5.56. The maximum Gasteiger partial charge on any atom is 0.387 e. The first-order valence-corrected chi connectivity index (χ1v) is 9.12. The van der Waals surface area contributed by atoms with Crippen molar-refractivity contribution in [2.75, 3.05) is 26.2 Å². The van der Waals surface area contributed by atoms with Gasteiger partial charge in [0.05, 0.1) is 0 Å². The lowest BCUT2D eigenvalue weighted by Crippen LogP contribution is -2.42. The fourth-order valence-electron chi connectivity index (χ4n) is 4.12. The number of piperidine rings is 1. The second-order valence-corrected chi connectivity index (χ2v) is 7.12. The number of nitrogens with zero attached hydrogens (tertiary/aromatic N) is 2. The van der Waals surface area contributed by atoms with Crippen molar-refractivity contribution >= 4 is 0 Å². The number of alkyl halides is 2. The smallest absolute Gasteiger partial charge is 0.387 e. The van der Waals surface area contributed by atoms with E-state index in [1.807, 2.05) is 6.07 Å². The van der Waals surface area contributed by atoms with Crippen molar-refractivity contribution in [2.45, 2.75) is 51.8 Å². The normalized spacial score (nSPS) is 22.2. The summed E-state index contributed by atoms with van der Waals surface area (Å²) in [5.41, 5.74) is 1.04. The predicted octanol–water partition coefficient (Wildman–Crippen LogP) is 3.98. The number of rotatable bonds is 6. The molecule has 1 aromatic carbocycles. The van der Waals surface area contributed by atoms with Gasteiger partial charge >= 0.3 is 6.61 Å². The lowest BCUT2D eigenvalue weighted by atomic mass is 9.89. The monoisotopic (exact) mass is 338 g/mol. The highest BCUT2D eigenvalue weighted by atomic mass is 19.3. The number of ether oxygens (including phenoxy) is 1. The molecule has 134 valence electrons. The number of benzene rings is 1. The molecule has 2 fully saturated rings. The molecule has 0 saturated carbocycles. The van der Waals surface area contributed by atoms with Crippen molar-refractivity contribution in [3.63, 3.8) is 0 Å². The molecule has 2 saturated heterocycles. The molecule has 0 N–H and O–H groups in total. The van der Waals surface area contributed by atoms with Gasteiger partial charge in [0.2, 0.25) is 0 Å². The molecule has 24 heavy (non-hydrogen) atoms. The van der Waals surface area contributed by atoms with Gasteiger partial charge in [0.15, 0.2) is 0 Å². The van der Waals surface area contributed by atoms with E-state index in [-0.39, 0.29) is 5.75 Å². The first-order valence-electron chi connectivity index (χ1n) is 9.12. The highest BCUT2D eigenvalue weighted by Gasteiger charge is 2.28. The van der Waals surface area contributed by atoms with Crippen LogP contribution in [-0.2, 0) is 6.54 Å². The van der Waals surface area contributed by atoms with Gasteiger partial charge < -0.3 is 9.64 Å². The fraction of sp³-hybridized carbons (Fsp3) is 0.684. The first kappa shape index (κ1) is 17.6. The zero-order valence-electron chi connectivity index (χ0n) is 14.5. The van der Waals surface area contributed by atoms with Crippen molar-refractivity contribution in [1.29, 1.82) is 0 Å². The molecular weight excluding hydrogens is 310 g/mol. The fourth-order valence-corrected chi connectivity index (χ4v) is 4.12. The lowest BCUT2D eigenvalue weighted by molar-refractivity contribution is -0.0499. The number of hydrogen-bond donors (Lipinski definition) is 0. The third kappa shape index (κ3) is 4.67. The quantitative estimate of drug-likeness (QED) is 0.780. The second-order valence-electron chi connectivity index (χ2n) is 7.12. The Bertz CT molecular complexity index is 512. The number of hydrogen-bond acceptors (Lipinski definition) is 3. The Morgan fingerprint density at radius 3 is 2.50 bits per heavy atom. The molecule has 1 aromatic rings. The molecule has 0 aromatic heterocycles. The van der Waals surface area contributed by atoms with E-state index in [1.54, 1.807) is 18.2 Å². The van der Waals surface area contributed by atoms with Gasteiger partial charge in [0.1, 0.15) is 5.75 Å². The van der Waals surface area contributed by atoms with Crippen LogP contribution >= 0.6 is 0 Å². The average molecular weight is 338 g/mol. The van der Waals surface area contributed by atoms with E-state index < -0.39 is 6.61 Å². The first-order chi connectivity index (χ1) is 11.6. The zero-order chi connectivity index (χ0) is 16.9. The molecule has 5 heteroatoms. The molecule has 0 bridgehead atoms. The summed E-state index contributed by atoms with van der Waals surface area (Å²) in [6, 6.07) is 7.77. The molecule has 1 unspecified atom stereocenters. The Balaban J connectivity index is 1.48. The highest BCUT2D eigenvalue weighted by molar-refractivity contribution is 5.28. The van der Waals surface area contributed by atoms with Crippen LogP contribution in [0.1, 0.15) is 38.2 Å². The van der Waals surface area contributed by atoms with Gasteiger partial charge in [-0.1, -0.05) is 12.1 Å². The van der Waals surface area contributed by atoms with Crippen molar-refractivity contribution in [1.82, 2.24) is 9.80 Å². The summed E-state index contributed by atoms with van der Waals surface area (Å²) in [7, 11) is 0. The Morgan fingerprint density at radius 2 is 1.83 bits per heavy atom. The molecule has 0 aliphatic carbocycles. The molecule has 0 amide bonds. The van der Waals surface area contributed by atoms with Gasteiger partial charge in [-0.25, -0.2) is 0 Å². The Labute approximate surface area is 143 Å². The Kier molecular flexibility index (Phi) is 6.06. The number of halogens is 2. The van der Waals surface area contributed by atoms with Crippen LogP contribution in [0.5, 0.6) is 5.75 Å². The molecular formula is C19H28F2N2O. The second kappa shape index (κ2) is 8.26. The van der Waals surface area contributed by atoms with Gasteiger partial charge in [0.25, 0.3) is 0 Å². The highest BCUT2D eigenvalue weighted by Crippen LogP contribution is 2.27. The SMILES string of the molecule is CC(C1CCN(Cc2cccc(OC(F)F)c2)CC1)N1CCCC1. The standard InChI is InChI=1S/C19H28F2N2O/c1-15(23-9-2-3-10-23)17-7-11-22(12-8-17)14-16-5-4-6-18(13-16)24-19(20)21/h4-6,13,15,17,19H,2-3,7-12,14H2,1H3. The van der Waals surface area contributed by atoms with Crippen LogP contribution in [-0.4, -0.2) is 48.6 Å². The van der Waals surface area contributed by atoms with Gasteiger partial charge in [-0.3, -0.25) is 4.90 Å². The van der Waals surface area contributed by atoms with Crippen LogP contribution in [0.2, 0.25) is 0 Å². The summed E-state index contributed by atoms with van der Waals surface area (Å²) in [6.07, 6.45) is 5.15. The number of likely N-dealkylation sites (tertiary alicyclic amines) is 2. The van der Waals surface area contributed by atoms with E-state index in [0.717, 1.165) is 31.1 Å². The molecule has 1 atom stereocenters. The summed E-state index contributed by atoms with van der Waals surface area (Å²) in [5.74, 6) is 1.04. The molecule has 2 heterocycles. The summed E-state index contributed by atoms with van der Waals surface area (Å²) < 4.78 is 29.1. The van der Waals surface area contributed by atoms with Crippen LogP contribution in [0.4, 0.5) is 8.78 Å². The molecule has 3 rings (SSSR count). The molecule has 2 aliphatic heterocycles. The summed E-state index contributed by atoms with van der Waals surface area (Å²) in [5, 5.41) is 0. The van der Waals surface area contributed by atoms with Crippen LogP contribution in [0.25, 0.3) is 0 Å². The zero-order valence-corrected chi connectivity index (χ0v) is 14.5. The Morgan fingerprint density at radius 1 is 1.12 bits per heavy atom. The van der Waals surface area contributed by atoms with E-state index >= 15 is 0 Å². The van der Waals surface area contributed by atoms with Crippen LogP contribution in [0.15, 0.2) is 24.3 Å². The topological polar surface area (TPSA) is 15.7 Å². The summed E-state index contributed by atoms with van der Waals surface area (Å²) in [6.45, 7) is 5.13. The van der Waals surface area contributed by atoms with E-state index in [4.69, 9.17) is 0 Å². The molecule has 2 aliphatic rings. The lowest BCUT2D eigenvalue weighted by Gasteiger charge is -2.38. The summed E-state index contributed by atoms with van der Waals surface area (Å²) in [4.78, 5) is 5.07. The maximum atomic E-state index is 12.3.